The van der Waals surface area contributed by atoms with Crippen molar-refractivity contribution in [1.82, 2.24) is 35.7 Å². The van der Waals surface area contributed by atoms with Crippen LogP contribution in [-0.2, 0) is 23.9 Å². The van der Waals surface area contributed by atoms with Gasteiger partial charge in [0, 0.05) is 19.1 Å². The second kappa shape index (κ2) is 19.5. The van der Waals surface area contributed by atoms with Crippen molar-refractivity contribution in [1.29, 1.82) is 0 Å². The number of hydrogen-bond acceptors (Lipinski definition) is 8. The number of hydrogen-bond donors (Lipinski definition) is 4. The molecule has 3 heterocycles. The monoisotopic (exact) mass is 871 g/mol. The number of carbonyl (C=O) groups is 5. The number of alkyl carbamates (subject to hydrolysis) is 2. The summed E-state index contributed by atoms with van der Waals surface area (Å²) >= 11 is 0. The molecule has 0 saturated carbocycles. The Morgan fingerprint density at radius 1 is 0.688 bits per heavy atom. The summed E-state index contributed by atoms with van der Waals surface area (Å²) in [5, 5.41) is 8.78. The van der Waals surface area contributed by atoms with E-state index in [2.05, 4.69) is 51.3 Å². The van der Waals surface area contributed by atoms with Gasteiger partial charge in [-0.3, -0.25) is 14.4 Å². The minimum Gasteiger partial charge on any atom is -0.444 e. The summed E-state index contributed by atoms with van der Waals surface area (Å²) in [4.78, 5) is 79.2. The molecule has 2 saturated heterocycles. The molecule has 7 rings (SSSR count). The van der Waals surface area contributed by atoms with E-state index in [1.165, 1.54) is 5.57 Å². The van der Waals surface area contributed by atoms with Crippen LogP contribution in [0.25, 0.3) is 16.8 Å². The predicted octanol–water partition coefficient (Wildman–Crippen LogP) is 8.32. The van der Waals surface area contributed by atoms with Crippen LogP contribution in [0.2, 0.25) is 0 Å². The molecule has 2 aliphatic heterocycles. The van der Waals surface area contributed by atoms with E-state index in [1.807, 2.05) is 48.5 Å². The maximum atomic E-state index is 14.2. The fourth-order valence-electron chi connectivity index (χ4n) is 8.71. The molecule has 64 heavy (non-hydrogen) atoms. The van der Waals surface area contributed by atoms with Crippen molar-refractivity contribution in [2.75, 3.05) is 13.1 Å². The van der Waals surface area contributed by atoms with E-state index in [-0.39, 0.29) is 29.8 Å². The molecule has 3 aromatic carbocycles. The van der Waals surface area contributed by atoms with Crippen LogP contribution in [0.1, 0.15) is 127 Å². The van der Waals surface area contributed by atoms with Gasteiger partial charge in [0.1, 0.15) is 35.2 Å². The van der Waals surface area contributed by atoms with Gasteiger partial charge in [0.2, 0.25) is 5.91 Å². The molecule has 1 aliphatic carbocycles. The molecule has 1 aromatic heterocycles. The highest BCUT2D eigenvalue weighted by molar-refractivity contribution is 5.93. The second-order valence-corrected chi connectivity index (χ2v) is 18.8. The molecule has 5 atom stereocenters. The number of amides is 5. The Labute approximate surface area is 375 Å². The molecule has 2 fully saturated rings. The van der Waals surface area contributed by atoms with Gasteiger partial charge >= 0.3 is 12.2 Å². The van der Waals surface area contributed by atoms with Crippen molar-refractivity contribution >= 4 is 35.5 Å². The number of allylic oxidation sites excluding steroid dienone is 1. The lowest BCUT2D eigenvalue weighted by Gasteiger charge is -2.31. The van der Waals surface area contributed by atoms with Crippen LogP contribution in [-0.4, -0.2) is 86.1 Å². The van der Waals surface area contributed by atoms with Crippen molar-refractivity contribution in [2.45, 2.75) is 128 Å². The van der Waals surface area contributed by atoms with Crippen LogP contribution in [0.4, 0.5) is 9.59 Å². The molecule has 338 valence electrons. The van der Waals surface area contributed by atoms with Crippen molar-refractivity contribution in [3.63, 3.8) is 0 Å². The fourth-order valence-corrected chi connectivity index (χ4v) is 8.71. The largest absolute Gasteiger partial charge is 0.444 e. The molecular formula is C50H61N7O7. The Balaban J connectivity index is 0.958. The molecule has 5 unspecified atom stereocenters. The SMILES string of the molecule is CC(C)(C)OC(=O)NC(C(=O)N1CCCC1C(=O)NC1CC=C(c2ccc(-c3cnc(C4CCCN4C(=O)C(NC(=O)OC(C)(C)C)c4ccccc4)[nH]3)cc2)CC1)c1ccccc1. The maximum Gasteiger partial charge on any atom is 0.408 e. The fraction of sp³-hybridized carbons (Fsp3) is 0.440. The molecule has 14 nitrogen and oxygen atoms in total. The van der Waals surface area contributed by atoms with E-state index in [9.17, 15) is 24.0 Å². The van der Waals surface area contributed by atoms with Crippen LogP contribution >= 0.6 is 0 Å². The molecule has 0 radical (unpaired) electrons. The Kier molecular flexibility index (Phi) is 13.9. The minimum atomic E-state index is -0.991. The molecule has 0 bridgehead atoms. The molecular weight excluding hydrogens is 811 g/mol. The number of nitrogens with zero attached hydrogens (tertiary/aromatic N) is 3. The molecule has 3 aliphatic rings. The number of imidazole rings is 1. The predicted molar refractivity (Wildman–Crippen MR) is 243 cm³/mol. The first-order valence-electron chi connectivity index (χ1n) is 22.4. The Morgan fingerprint density at radius 2 is 1.22 bits per heavy atom. The number of aromatic amines is 1. The van der Waals surface area contributed by atoms with Crippen molar-refractivity contribution in [2.24, 2.45) is 0 Å². The summed E-state index contributed by atoms with van der Waals surface area (Å²) < 4.78 is 11.0. The first kappa shape index (κ1) is 45.6. The number of benzene rings is 3. The molecule has 14 heteroatoms. The van der Waals surface area contributed by atoms with E-state index in [4.69, 9.17) is 14.5 Å². The standard InChI is InChI=1S/C50H61N7O7/c1-49(2,3)63-47(61)54-41(35-15-9-7-10-16-35)45(59)56-29-13-19-39(56)43-51-31-38(53-43)34-23-21-32(22-24-34)33-25-27-37(28-26-33)52-44(58)40-20-14-30-57(40)46(60)42(36-17-11-8-12-18-36)55-48(62)64-50(4,5)6/h7-12,15-18,21-25,31,37,39-42H,13-14,19-20,26-30H2,1-6H3,(H,51,53)(H,52,58)(H,54,61)(H,55,62). The van der Waals surface area contributed by atoms with E-state index < -0.39 is 41.5 Å². The van der Waals surface area contributed by atoms with E-state index in [1.54, 1.807) is 69.7 Å². The van der Waals surface area contributed by atoms with Gasteiger partial charge in [-0.1, -0.05) is 91.0 Å². The quantitative estimate of drug-likeness (QED) is 0.116. The lowest BCUT2D eigenvalue weighted by atomic mass is 9.90. The Bertz CT molecular complexity index is 2320. The van der Waals surface area contributed by atoms with E-state index in [0.717, 1.165) is 42.5 Å². The minimum absolute atomic E-state index is 0.0700. The third-order valence-corrected chi connectivity index (χ3v) is 11.7. The van der Waals surface area contributed by atoms with Crippen LogP contribution < -0.4 is 16.0 Å². The zero-order valence-electron chi connectivity index (χ0n) is 37.7. The van der Waals surface area contributed by atoms with Gasteiger partial charge in [-0.15, -0.1) is 0 Å². The molecule has 4 aromatic rings. The van der Waals surface area contributed by atoms with Gasteiger partial charge in [-0.2, -0.15) is 0 Å². The third-order valence-electron chi connectivity index (χ3n) is 11.7. The highest BCUT2D eigenvalue weighted by Crippen LogP contribution is 2.35. The average Bonchev–Trinajstić information content (AvgIpc) is 4.06. The Morgan fingerprint density at radius 3 is 1.77 bits per heavy atom. The number of aromatic nitrogens is 2. The number of likely N-dealkylation sites (tertiary alicyclic amines) is 2. The topological polar surface area (TPSA) is 175 Å². The number of nitrogens with one attached hydrogen (secondary N) is 4. The summed E-state index contributed by atoms with van der Waals surface area (Å²) in [7, 11) is 0. The number of rotatable bonds is 11. The summed E-state index contributed by atoms with van der Waals surface area (Å²) in [6.07, 6.45) is 7.59. The van der Waals surface area contributed by atoms with Gasteiger partial charge in [-0.25, -0.2) is 14.6 Å². The zero-order valence-corrected chi connectivity index (χ0v) is 37.7. The summed E-state index contributed by atoms with van der Waals surface area (Å²) in [5.74, 6) is -0.0522. The number of carbonyl (C=O) groups excluding carboxylic acids is 5. The van der Waals surface area contributed by atoms with Gasteiger partial charge in [0.15, 0.2) is 0 Å². The van der Waals surface area contributed by atoms with Crippen LogP contribution in [0, 0.1) is 0 Å². The summed E-state index contributed by atoms with van der Waals surface area (Å²) in [5.41, 5.74) is 3.93. The smallest absolute Gasteiger partial charge is 0.408 e. The average molecular weight is 872 g/mol. The first-order chi connectivity index (χ1) is 30.5. The van der Waals surface area contributed by atoms with Gasteiger partial charge in [0.25, 0.3) is 11.8 Å². The lowest BCUT2D eigenvalue weighted by Crippen LogP contribution is -2.52. The second-order valence-electron chi connectivity index (χ2n) is 18.8. The van der Waals surface area contributed by atoms with E-state index >= 15 is 0 Å². The normalized spacial score (nSPS) is 19.8. The van der Waals surface area contributed by atoms with Crippen molar-refractivity contribution < 1.29 is 33.4 Å². The molecule has 5 amide bonds. The van der Waals surface area contributed by atoms with Crippen LogP contribution in [0.15, 0.2) is 97.2 Å². The number of ether oxygens (including phenoxy) is 2. The van der Waals surface area contributed by atoms with Gasteiger partial charge < -0.3 is 40.2 Å². The lowest BCUT2D eigenvalue weighted by molar-refractivity contribution is -0.140. The summed E-state index contributed by atoms with van der Waals surface area (Å²) in [6.45, 7) is 11.6. The van der Waals surface area contributed by atoms with Gasteiger partial charge in [-0.05, 0) is 114 Å². The third kappa shape index (κ3) is 11.4. The van der Waals surface area contributed by atoms with Crippen molar-refractivity contribution in [3.05, 3.63) is 120 Å². The highest BCUT2D eigenvalue weighted by atomic mass is 16.6. The van der Waals surface area contributed by atoms with Crippen LogP contribution in [0.3, 0.4) is 0 Å². The molecule has 0 spiro atoms. The summed E-state index contributed by atoms with van der Waals surface area (Å²) in [6, 6.07) is 23.6. The first-order valence-corrected chi connectivity index (χ1v) is 22.4. The highest BCUT2D eigenvalue weighted by Gasteiger charge is 2.40. The molecule has 4 N–H and O–H groups in total. The van der Waals surface area contributed by atoms with Crippen molar-refractivity contribution in [3.8, 4) is 11.3 Å². The van der Waals surface area contributed by atoms with E-state index in [0.29, 0.717) is 49.3 Å². The zero-order chi connectivity index (χ0) is 45.6. The number of H-pyrrole nitrogens is 1. The van der Waals surface area contributed by atoms with Crippen LogP contribution in [0.5, 0.6) is 0 Å². The Hall–Kier alpha value is -6.44. The maximum absolute atomic E-state index is 14.2. The van der Waals surface area contributed by atoms with Gasteiger partial charge in [0.05, 0.1) is 17.9 Å².